The summed E-state index contributed by atoms with van der Waals surface area (Å²) in [5.74, 6) is 5.73. The van der Waals surface area contributed by atoms with Gasteiger partial charge in [-0.3, -0.25) is 20.4 Å². The van der Waals surface area contributed by atoms with Crippen LogP contribution in [0.5, 0.6) is 0 Å². The number of hydrogen-bond donors (Lipinski definition) is 3. The fourth-order valence-corrected chi connectivity index (χ4v) is 2.82. The Labute approximate surface area is 122 Å². The molecule has 1 unspecified atom stereocenters. The predicted molar refractivity (Wildman–Crippen MR) is 77.9 cm³/mol. The molecular weight excluding hydrogens is 274 g/mol. The third-order valence-electron chi connectivity index (χ3n) is 3.99. The van der Waals surface area contributed by atoms with Crippen LogP contribution in [0.1, 0.15) is 25.0 Å². The van der Waals surface area contributed by atoms with E-state index in [1.807, 2.05) is 0 Å². The molecule has 2 aliphatic rings. The zero-order valence-electron chi connectivity index (χ0n) is 11.9. The highest BCUT2D eigenvalue weighted by Gasteiger charge is 2.35. The van der Waals surface area contributed by atoms with Crippen molar-refractivity contribution in [2.24, 2.45) is 5.84 Å². The second-order valence-corrected chi connectivity index (χ2v) is 5.59. The van der Waals surface area contributed by atoms with Gasteiger partial charge in [0.15, 0.2) is 0 Å². The van der Waals surface area contributed by atoms with Crippen molar-refractivity contribution in [3.63, 3.8) is 0 Å². The minimum atomic E-state index is -0.453. The highest BCUT2D eigenvalue weighted by Crippen LogP contribution is 2.32. The van der Waals surface area contributed by atoms with Crippen molar-refractivity contribution in [3.8, 4) is 0 Å². The summed E-state index contributed by atoms with van der Waals surface area (Å²) in [4.78, 5) is 21.3. The number of nitrogens with zero attached hydrogens (tertiary/aromatic N) is 4. The lowest BCUT2D eigenvalue weighted by molar-refractivity contribution is -0.385. The van der Waals surface area contributed by atoms with Gasteiger partial charge in [0.25, 0.3) is 0 Å². The van der Waals surface area contributed by atoms with Crippen molar-refractivity contribution in [1.29, 1.82) is 0 Å². The van der Waals surface area contributed by atoms with E-state index in [4.69, 9.17) is 5.84 Å². The van der Waals surface area contributed by atoms with Crippen molar-refractivity contribution in [2.75, 3.05) is 23.8 Å². The van der Waals surface area contributed by atoms with Crippen molar-refractivity contribution in [2.45, 2.75) is 38.3 Å². The third-order valence-corrected chi connectivity index (χ3v) is 3.99. The van der Waals surface area contributed by atoms with Crippen molar-refractivity contribution in [3.05, 3.63) is 15.8 Å². The van der Waals surface area contributed by atoms with E-state index in [2.05, 4.69) is 25.6 Å². The van der Waals surface area contributed by atoms with E-state index in [9.17, 15) is 10.1 Å². The highest BCUT2D eigenvalue weighted by atomic mass is 16.6. The summed E-state index contributed by atoms with van der Waals surface area (Å²) < 4.78 is 0. The molecule has 9 heteroatoms. The van der Waals surface area contributed by atoms with E-state index in [0.29, 0.717) is 11.7 Å². The zero-order valence-corrected chi connectivity index (χ0v) is 11.9. The smallest absolute Gasteiger partial charge is 0.332 e. The molecule has 0 bridgehead atoms. The number of nitro groups is 1. The van der Waals surface area contributed by atoms with E-state index in [1.54, 1.807) is 6.92 Å². The SMILES string of the molecule is Cc1nc(NN)nc(NC2CCN(C3CC3)C2)c1[N+](=O)[O-]. The van der Waals surface area contributed by atoms with E-state index in [1.165, 1.54) is 12.8 Å². The van der Waals surface area contributed by atoms with Gasteiger partial charge >= 0.3 is 5.69 Å². The maximum absolute atomic E-state index is 11.2. The van der Waals surface area contributed by atoms with Crippen LogP contribution in [0.4, 0.5) is 17.5 Å². The first kappa shape index (κ1) is 14.0. The van der Waals surface area contributed by atoms with Crippen LogP contribution in [0, 0.1) is 17.0 Å². The molecule has 1 aliphatic heterocycles. The first-order valence-corrected chi connectivity index (χ1v) is 7.08. The molecular formula is C12H19N7O2. The zero-order chi connectivity index (χ0) is 15.0. The largest absolute Gasteiger partial charge is 0.360 e. The number of aryl methyl sites for hydroxylation is 1. The standard InChI is InChI=1S/C12H19N7O2/c1-7-10(19(20)21)11(16-12(14-7)17-13)15-8-4-5-18(6-8)9-2-3-9/h8-9H,2-6,13H2,1H3,(H2,14,15,16,17). The van der Waals surface area contributed by atoms with Gasteiger partial charge in [0, 0.05) is 25.2 Å². The van der Waals surface area contributed by atoms with Gasteiger partial charge in [0.2, 0.25) is 11.8 Å². The number of aromatic nitrogens is 2. The topological polar surface area (TPSA) is 122 Å². The molecule has 4 N–H and O–H groups in total. The van der Waals surface area contributed by atoms with Gasteiger partial charge in [-0.25, -0.2) is 10.8 Å². The Bertz CT molecular complexity index is 561. The Hall–Kier alpha value is -2.00. The lowest BCUT2D eigenvalue weighted by Crippen LogP contribution is -2.28. The molecule has 1 aromatic rings. The Morgan fingerprint density at radius 2 is 2.14 bits per heavy atom. The molecule has 0 aromatic carbocycles. The van der Waals surface area contributed by atoms with Crippen molar-refractivity contribution >= 4 is 17.5 Å². The average molecular weight is 293 g/mol. The van der Waals surface area contributed by atoms with Crippen molar-refractivity contribution < 1.29 is 4.92 Å². The molecule has 0 amide bonds. The number of anilines is 2. The fraction of sp³-hybridized carbons (Fsp3) is 0.667. The lowest BCUT2D eigenvalue weighted by atomic mass is 10.2. The van der Waals surface area contributed by atoms with E-state index in [-0.39, 0.29) is 23.5 Å². The van der Waals surface area contributed by atoms with Crippen LogP contribution in [0.15, 0.2) is 0 Å². The molecule has 2 fully saturated rings. The van der Waals surface area contributed by atoms with Gasteiger partial charge < -0.3 is 5.32 Å². The monoisotopic (exact) mass is 293 g/mol. The van der Waals surface area contributed by atoms with Gasteiger partial charge in [-0.2, -0.15) is 4.98 Å². The minimum Gasteiger partial charge on any atom is -0.360 e. The second-order valence-electron chi connectivity index (χ2n) is 5.59. The van der Waals surface area contributed by atoms with Crippen molar-refractivity contribution in [1.82, 2.24) is 14.9 Å². The summed E-state index contributed by atoms with van der Waals surface area (Å²) >= 11 is 0. The Morgan fingerprint density at radius 1 is 1.38 bits per heavy atom. The van der Waals surface area contributed by atoms with Crippen LogP contribution in [0.2, 0.25) is 0 Å². The number of hydrazine groups is 1. The Morgan fingerprint density at radius 3 is 2.76 bits per heavy atom. The fourth-order valence-electron chi connectivity index (χ4n) is 2.82. The molecule has 1 saturated carbocycles. The second kappa shape index (κ2) is 5.41. The van der Waals surface area contributed by atoms with E-state index < -0.39 is 4.92 Å². The summed E-state index contributed by atoms with van der Waals surface area (Å²) in [5.41, 5.74) is 2.55. The predicted octanol–water partition coefficient (Wildman–Crippen LogP) is 0.627. The Balaban J connectivity index is 1.80. The van der Waals surface area contributed by atoms with E-state index >= 15 is 0 Å². The summed E-state index contributed by atoms with van der Waals surface area (Å²) in [5, 5.41) is 14.4. The molecule has 21 heavy (non-hydrogen) atoms. The maximum Gasteiger partial charge on any atom is 0.332 e. The first-order valence-electron chi connectivity index (χ1n) is 7.08. The molecule has 2 heterocycles. The number of nitrogens with two attached hydrogens (primary N) is 1. The van der Waals surface area contributed by atoms with Gasteiger partial charge in [-0.15, -0.1) is 0 Å². The number of hydrogen-bond acceptors (Lipinski definition) is 8. The number of nitrogen functional groups attached to an aromatic ring is 1. The van der Waals surface area contributed by atoms with Gasteiger partial charge in [0.05, 0.1) is 4.92 Å². The van der Waals surface area contributed by atoms with Gasteiger partial charge in [-0.1, -0.05) is 0 Å². The third kappa shape index (κ3) is 2.88. The van der Waals surface area contributed by atoms with Gasteiger partial charge in [-0.05, 0) is 26.2 Å². The summed E-state index contributed by atoms with van der Waals surface area (Å²) in [6.07, 6.45) is 3.49. The minimum absolute atomic E-state index is 0.0844. The Kier molecular flexibility index (Phi) is 3.60. The molecule has 9 nitrogen and oxygen atoms in total. The molecule has 114 valence electrons. The average Bonchev–Trinajstić information content (AvgIpc) is 3.18. The van der Waals surface area contributed by atoms with Crippen LogP contribution in [-0.2, 0) is 0 Å². The van der Waals surface area contributed by atoms with Crippen LogP contribution < -0.4 is 16.6 Å². The summed E-state index contributed by atoms with van der Waals surface area (Å²) in [7, 11) is 0. The normalized spacial score (nSPS) is 22.3. The summed E-state index contributed by atoms with van der Waals surface area (Å²) in [6, 6.07) is 0.879. The lowest BCUT2D eigenvalue weighted by Gasteiger charge is -2.16. The molecule has 1 aliphatic carbocycles. The molecule has 1 atom stereocenters. The molecule has 0 spiro atoms. The number of likely N-dealkylation sites (tertiary alicyclic amines) is 1. The number of nitrogens with one attached hydrogen (secondary N) is 2. The van der Waals surface area contributed by atoms with Crippen LogP contribution in [-0.4, -0.2) is 45.0 Å². The molecule has 3 rings (SSSR count). The van der Waals surface area contributed by atoms with Gasteiger partial charge in [0.1, 0.15) is 5.69 Å². The molecule has 1 aromatic heterocycles. The maximum atomic E-state index is 11.2. The van der Waals surface area contributed by atoms with Crippen LogP contribution in [0.25, 0.3) is 0 Å². The quantitative estimate of drug-likeness (QED) is 0.410. The summed E-state index contributed by atoms with van der Waals surface area (Å²) in [6.45, 7) is 3.51. The van der Waals surface area contributed by atoms with E-state index in [0.717, 1.165) is 19.5 Å². The highest BCUT2D eigenvalue weighted by molar-refractivity contribution is 5.61. The van der Waals surface area contributed by atoms with Crippen LogP contribution >= 0.6 is 0 Å². The number of rotatable bonds is 5. The van der Waals surface area contributed by atoms with Crippen LogP contribution in [0.3, 0.4) is 0 Å². The molecule has 0 radical (unpaired) electrons. The molecule has 1 saturated heterocycles. The first-order chi connectivity index (χ1) is 10.1.